The maximum atomic E-state index is 11.7. The molecule has 5 heteroatoms. The molecule has 0 radical (unpaired) electrons. The van der Waals surface area contributed by atoms with Gasteiger partial charge in [0.2, 0.25) is 0 Å². The molecule has 4 nitrogen and oxygen atoms in total. The van der Waals surface area contributed by atoms with Gasteiger partial charge in [-0.1, -0.05) is 46.3 Å². The highest BCUT2D eigenvalue weighted by Gasteiger charge is 2.04. The summed E-state index contributed by atoms with van der Waals surface area (Å²) in [5.41, 5.74) is 4.69. The number of halogens is 1. The number of hydrogen-bond donors (Lipinski definition) is 1. The third kappa shape index (κ3) is 6.24. The molecular formula is C18H19BrN2O2. The number of amides is 1. The van der Waals surface area contributed by atoms with Crippen molar-refractivity contribution in [2.24, 2.45) is 5.10 Å². The van der Waals surface area contributed by atoms with E-state index in [2.05, 4.69) is 38.6 Å². The first-order chi connectivity index (χ1) is 11.1. The van der Waals surface area contributed by atoms with E-state index in [1.807, 2.05) is 43.3 Å². The fraction of sp³-hybridized carbons (Fsp3) is 0.222. The van der Waals surface area contributed by atoms with Gasteiger partial charge in [-0.05, 0) is 49.1 Å². The van der Waals surface area contributed by atoms with Crippen molar-refractivity contribution >= 4 is 28.1 Å². The quantitative estimate of drug-likeness (QED) is 0.590. The molecule has 2 aromatic carbocycles. The van der Waals surface area contributed by atoms with Crippen molar-refractivity contribution in [3.63, 3.8) is 0 Å². The molecule has 0 fully saturated rings. The van der Waals surface area contributed by atoms with Gasteiger partial charge >= 0.3 is 0 Å². The van der Waals surface area contributed by atoms with Crippen LogP contribution >= 0.6 is 15.9 Å². The lowest BCUT2D eigenvalue weighted by atomic mass is 10.1. The molecule has 0 aromatic heterocycles. The van der Waals surface area contributed by atoms with Crippen molar-refractivity contribution in [1.29, 1.82) is 0 Å². The summed E-state index contributed by atoms with van der Waals surface area (Å²) in [6, 6.07) is 15.8. The van der Waals surface area contributed by atoms with Gasteiger partial charge in [0.05, 0.1) is 0 Å². The Kier molecular flexibility index (Phi) is 6.81. The molecule has 0 heterocycles. The minimum Gasteiger partial charge on any atom is -0.483 e. The van der Waals surface area contributed by atoms with Crippen LogP contribution in [0.25, 0.3) is 0 Å². The maximum absolute atomic E-state index is 11.7. The smallest absolute Gasteiger partial charge is 0.277 e. The first-order valence-corrected chi connectivity index (χ1v) is 8.17. The molecule has 0 aliphatic carbocycles. The normalized spacial score (nSPS) is 10.7. The number of benzene rings is 2. The lowest BCUT2D eigenvalue weighted by Gasteiger charge is -2.08. The van der Waals surface area contributed by atoms with Crippen LogP contribution in [0, 0.1) is 6.92 Å². The van der Waals surface area contributed by atoms with Crippen LogP contribution in [0.5, 0.6) is 5.75 Å². The fourth-order valence-corrected chi connectivity index (χ4v) is 2.48. The Morgan fingerprint density at radius 2 is 2.04 bits per heavy atom. The predicted octanol–water partition coefficient (Wildman–Crippen LogP) is 3.87. The molecular weight excluding hydrogens is 356 g/mol. The summed E-state index contributed by atoms with van der Waals surface area (Å²) in [6.45, 7) is 1.87. The van der Waals surface area contributed by atoms with Gasteiger partial charge in [-0.3, -0.25) is 4.79 Å². The van der Waals surface area contributed by atoms with E-state index in [4.69, 9.17) is 4.74 Å². The zero-order chi connectivity index (χ0) is 16.5. The van der Waals surface area contributed by atoms with Gasteiger partial charge in [-0.2, -0.15) is 5.10 Å². The zero-order valence-electron chi connectivity index (χ0n) is 13.0. The number of nitrogens with one attached hydrogen (secondary N) is 1. The summed E-state index contributed by atoms with van der Waals surface area (Å²) in [6.07, 6.45) is 3.38. The fourth-order valence-electron chi connectivity index (χ4n) is 2.01. The number of aryl methyl sites for hydroxylation is 2. The van der Waals surface area contributed by atoms with Crippen molar-refractivity contribution in [2.45, 2.75) is 19.8 Å². The molecule has 1 N–H and O–H groups in total. The van der Waals surface area contributed by atoms with E-state index in [1.54, 1.807) is 6.21 Å². The van der Waals surface area contributed by atoms with Crippen molar-refractivity contribution < 1.29 is 9.53 Å². The number of rotatable bonds is 7. The SMILES string of the molecule is Cc1cc(Br)ccc1OCC(=O)NN=CCCc1ccccc1. The van der Waals surface area contributed by atoms with Gasteiger partial charge < -0.3 is 4.74 Å². The van der Waals surface area contributed by atoms with Crippen molar-refractivity contribution in [2.75, 3.05) is 6.61 Å². The maximum Gasteiger partial charge on any atom is 0.277 e. The first-order valence-electron chi connectivity index (χ1n) is 7.38. The second kappa shape index (κ2) is 9.10. The molecule has 0 bridgehead atoms. The molecule has 120 valence electrons. The summed E-state index contributed by atoms with van der Waals surface area (Å²) in [5.74, 6) is 0.416. The minimum absolute atomic E-state index is 0.0570. The average Bonchev–Trinajstić information content (AvgIpc) is 2.54. The second-order valence-corrected chi connectivity index (χ2v) is 5.99. The number of ether oxygens (including phenoxy) is 1. The Hall–Kier alpha value is -2.14. The van der Waals surface area contributed by atoms with E-state index < -0.39 is 0 Å². The van der Waals surface area contributed by atoms with Crippen molar-refractivity contribution in [1.82, 2.24) is 5.43 Å². The summed E-state index contributed by atoms with van der Waals surface area (Å²) < 4.78 is 6.45. The van der Waals surface area contributed by atoms with Crippen molar-refractivity contribution in [3.05, 3.63) is 64.1 Å². The molecule has 0 aliphatic rings. The lowest BCUT2D eigenvalue weighted by Crippen LogP contribution is -2.24. The third-order valence-electron chi connectivity index (χ3n) is 3.18. The van der Waals surface area contributed by atoms with Gasteiger partial charge in [-0.25, -0.2) is 5.43 Å². The topological polar surface area (TPSA) is 50.7 Å². The number of hydrogen-bond acceptors (Lipinski definition) is 3. The average molecular weight is 375 g/mol. The van der Waals surface area contributed by atoms with Crippen LogP contribution in [0.1, 0.15) is 17.5 Å². The zero-order valence-corrected chi connectivity index (χ0v) is 14.5. The highest BCUT2D eigenvalue weighted by molar-refractivity contribution is 9.10. The van der Waals surface area contributed by atoms with Crippen LogP contribution < -0.4 is 10.2 Å². The molecule has 0 aliphatic heterocycles. The van der Waals surface area contributed by atoms with Gasteiger partial charge in [0.15, 0.2) is 6.61 Å². The number of hydrazone groups is 1. The Balaban J connectivity index is 1.67. The monoisotopic (exact) mass is 374 g/mol. The lowest BCUT2D eigenvalue weighted by molar-refractivity contribution is -0.123. The molecule has 1 amide bonds. The second-order valence-electron chi connectivity index (χ2n) is 5.07. The van der Waals surface area contributed by atoms with Gasteiger partial charge in [-0.15, -0.1) is 0 Å². The van der Waals surface area contributed by atoms with E-state index >= 15 is 0 Å². The van der Waals surface area contributed by atoms with Crippen LogP contribution in [-0.2, 0) is 11.2 Å². The molecule has 0 spiro atoms. The van der Waals surface area contributed by atoms with E-state index in [9.17, 15) is 4.79 Å². The van der Waals surface area contributed by atoms with E-state index in [0.29, 0.717) is 5.75 Å². The van der Waals surface area contributed by atoms with Crippen LogP contribution in [0.2, 0.25) is 0 Å². The Morgan fingerprint density at radius 3 is 2.78 bits per heavy atom. The van der Waals surface area contributed by atoms with Gasteiger partial charge in [0.1, 0.15) is 5.75 Å². The first kappa shape index (κ1) is 17.2. The van der Waals surface area contributed by atoms with Crippen LogP contribution in [0.3, 0.4) is 0 Å². The van der Waals surface area contributed by atoms with Crippen LogP contribution in [0.15, 0.2) is 58.1 Å². The molecule has 0 unspecified atom stereocenters. The van der Waals surface area contributed by atoms with Crippen molar-refractivity contribution in [3.8, 4) is 5.75 Å². The highest BCUT2D eigenvalue weighted by Crippen LogP contribution is 2.21. The third-order valence-corrected chi connectivity index (χ3v) is 3.67. The molecule has 0 saturated heterocycles. The molecule has 2 rings (SSSR count). The molecule has 0 saturated carbocycles. The van der Waals surface area contributed by atoms with E-state index in [0.717, 1.165) is 22.9 Å². The standard InChI is InChI=1S/C18H19BrN2O2/c1-14-12-16(19)9-10-17(14)23-13-18(22)21-20-11-5-8-15-6-3-2-4-7-15/h2-4,6-7,9-12H,5,8,13H2,1H3,(H,21,22). The molecule has 23 heavy (non-hydrogen) atoms. The minimum atomic E-state index is -0.275. The van der Waals surface area contributed by atoms with E-state index in [-0.39, 0.29) is 12.5 Å². The molecule has 0 atom stereocenters. The predicted molar refractivity (Wildman–Crippen MR) is 95.8 cm³/mol. The number of carbonyl (C=O) groups excluding carboxylic acids is 1. The molecule has 2 aromatic rings. The largest absolute Gasteiger partial charge is 0.483 e. The summed E-state index contributed by atoms with van der Waals surface area (Å²) >= 11 is 3.39. The number of nitrogens with zero attached hydrogens (tertiary/aromatic N) is 1. The summed E-state index contributed by atoms with van der Waals surface area (Å²) in [5, 5.41) is 3.92. The Morgan fingerprint density at radius 1 is 1.26 bits per heavy atom. The highest BCUT2D eigenvalue weighted by atomic mass is 79.9. The summed E-state index contributed by atoms with van der Waals surface area (Å²) in [7, 11) is 0. The summed E-state index contributed by atoms with van der Waals surface area (Å²) in [4.78, 5) is 11.7. The van der Waals surface area contributed by atoms with Gasteiger partial charge in [0.25, 0.3) is 5.91 Å². The van der Waals surface area contributed by atoms with Crippen LogP contribution in [-0.4, -0.2) is 18.7 Å². The Labute approximate surface area is 144 Å². The Bertz CT molecular complexity index is 672. The van der Waals surface area contributed by atoms with E-state index in [1.165, 1.54) is 5.56 Å². The van der Waals surface area contributed by atoms with Crippen LogP contribution in [0.4, 0.5) is 0 Å². The van der Waals surface area contributed by atoms with Gasteiger partial charge in [0, 0.05) is 10.7 Å². The number of carbonyl (C=O) groups is 1.